The number of pyridine rings is 1. The molecule has 0 aliphatic carbocycles. The minimum Gasteiger partial charge on any atom is -0.261 e. The predicted octanol–water partition coefficient (Wildman–Crippen LogP) is 4.08. The number of halogens is 1. The zero-order valence-electron chi connectivity index (χ0n) is 9.23. The van der Waals surface area contributed by atoms with Crippen molar-refractivity contribution in [3.8, 4) is 0 Å². The molecule has 0 saturated heterocycles. The van der Waals surface area contributed by atoms with Crippen molar-refractivity contribution in [2.45, 2.75) is 19.3 Å². The summed E-state index contributed by atoms with van der Waals surface area (Å²) in [6.45, 7) is 2.21. The van der Waals surface area contributed by atoms with E-state index in [1.54, 1.807) is 0 Å². The molecule has 0 aliphatic heterocycles. The highest BCUT2D eigenvalue weighted by Gasteiger charge is 2.06. The van der Waals surface area contributed by atoms with Crippen molar-refractivity contribution >= 4 is 11.6 Å². The molecule has 1 nitrogen and oxygen atoms in total. The Kier molecular flexibility index (Phi) is 3.58. The van der Waals surface area contributed by atoms with Crippen LogP contribution in [-0.4, -0.2) is 4.98 Å². The molecule has 0 N–H and O–H groups in total. The summed E-state index contributed by atoms with van der Waals surface area (Å²) < 4.78 is 0. The van der Waals surface area contributed by atoms with Gasteiger partial charge in [-0.05, 0) is 42.2 Å². The average molecular weight is 232 g/mol. The predicted molar refractivity (Wildman–Crippen MR) is 67.8 cm³/mol. The third-order valence-corrected chi connectivity index (χ3v) is 2.93. The van der Waals surface area contributed by atoms with Gasteiger partial charge in [0.15, 0.2) is 0 Å². The Balaban J connectivity index is 2.09. The summed E-state index contributed by atoms with van der Waals surface area (Å²) in [5.74, 6) is 0.465. The molecular formula is C14H14ClN. The van der Waals surface area contributed by atoms with Crippen LogP contribution in [0.2, 0.25) is 5.02 Å². The Morgan fingerprint density at radius 3 is 2.50 bits per heavy atom. The minimum atomic E-state index is 0.465. The van der Waals surface area contributed by atoms with Crippen molar-refractivity contribution in [3.63, 3.8) is 0 Å². The molecule has 1 aromatic carbocycles. The first-order valence-corrected chi connectivity index (χ1v) is 5.79. The summed E-state index contributed by atoms with van der Waals surface area (Å²) in [4.78, 5) is 4.34. The number of benzene rings is 1. The third kappa shape index (κ3) is 2.83. The fraction of sp³-hybridized carbons (Fsp3) is 0.214. The number of hydrogen-bond donors (Lipinski definition) is 0. The lowest BCUT2D eigenvalue weighted by Crippen LogP contribution is -1.99. The average Bonchev–Trinajstić information content (AvgIpc) is 2.31. The standard InChI is InChI=1S/C14H14ClN/c1-11(10-14-4-2-3-9-16-14)12-5-7-13(15)8-6-12/h2-9,11H,10H2,1H3/t11-/m1/s1. The van der Waals surface area contributed by atoms with Gasteiger partial charge in [-0.25, -0.2) is 0 Å². The SMILES string of the molecule is C[C@H](Cc1ccccn1)c1ccc(Cl)cc1. The van der Waals surface area contributed by atoms with Crippen molar-refractivity contribution in [1.29, 1.82) is 0 Å². The molecule has 1 heterocycles. The third-order valence-electron chi connectivity index (χ3n) is 2.68. The van der Waals surface area contributed by atoms with Crippen LogP contribution >= 0.6 is 11.6 Å². The first-order valence-electron chi connectivity index (χ1n) is 5.41. The molecule has 0 fully saturated rings. The van der Waals surface area contributed by atoms with Crippen molar-refractivity contribution in [1.82, 2.24) is 4.98 Å². The van der Waals surface area contributed by atoms with E-state index in [1.165, 1.54) is 5.56 Å². The Morgan fingerprint density at radius 1 is 1.12 bits per heavy atom. The van der Waals surface area contributed by atoms with E-state index in [1.807, 2.05) is 30.5 Å². The van der Waals surface area contributed by atoms with Gasteiger partial charge in [-0.1, -0.05) is 36.7 Å². The van der Waals surface area contributed by atoms with Crippen LogP contribution in [0.25, 0.3) is 0 Å². The Labute approximate surface area is 101 Å². The molecule has 0 unspecified atom stereocenters. The second-order valence-electron chi connectivity index (χ2n) is 3.98. The lowest BCUT2D eigenvalue weighted by atomic mass is 9.96. The fourth-order valence-corrected chi connectivity index (χ4v) is 1.87. The summed E-state index contributed by atoms with van der Waals surface area (Å²) in [5, 5.41) is 0.786. The van der Waals surface area contributed by atoms with E-state index < -0.39 is 0 Å². The molecule has 2 rings (SSSR count). The van der Waals surface area contributed by atoms with Crippen LogP contribution in [0.1, 0.15) is 24.1 Å². The fourth-order valence-electron chi connectivity index (χ4n) is 1.74. The highest BCUT2D eigenvalue weighted by Crippen LogP contribution is 2.21. The lowest BCUT2D eigenvalue weighted by molar-refractivity contribution is 0.741. The van der Waals surface area contributed by atoms with Gasteiger partial charge < -0.3 is 0 Å². The van der Waals surface area contributed by atoms with Gasteiger partial charge in [-0.15, -0.1) is 0 Å². The molecule has 0 amide bonds. The van der Waals surface area contributed by atoms with Crippen LogP contribution in [0.5, 0.6) is 0 Å². The molecule has 1 aromatic heterocycles. The molecule has 0 spiro atoms. The molecular weight excluding hydrogens is 218 g/mol. The van der Waals surface area contributed by atoms with E-state index in [0.29, 0.717) is 5.92 Å². The maximum Gasteiger partial charge on any atom is 0.0409 e. The molecule has 16 heavy (non-hydrogen) atoms. The van der Waals surface area contributed by atoms with E-state index in [4.69, 9.17) is 11.6 Å². The Bertz CT molecular complexity index is 436. The zero-order chi connectivity index (χ0) is 11.4. The quantitative estimate of drug-likeness (QED) is 0.776. The van der Waals surface area contributed by atoms with Gasteiger partial charge in [-0.2, -0.15) is 0 Å². The van der Waals surface area contributed by atoms with Crippen LogP contribution in [0.15, 0.2) is 48.7 Å². The second-order valence-corrected chi connectivity index (χ2v) is 4.41. The Hall–Kier alpha value is -1.34. The van der Waals surface area contributed by atoms with Crippen molar-refractivity contribution in [3.05, 3.63) is 64.9 Å². The molecule has 82 valence electrons. The van der Waals surface area contributed by atoms with Gasteiger partial charge in [0.25, 0.3) is 0 Å². The first kappa shape index (κ1) is 11.2. The zero-order valence-corrected chi connectivity index (χ0v) is 9.98. The topological polar surface area (TPSA) is 12.9 Å². The van der Waals surface area contributed by atoms with Gasteiger partial charge in [-0.3, -0.25) is 4.98 Å². The minimum absolute atomic E-state index is 0.465. The van der Waals surface area contributed by atoms with E-state index >= 15 is 0 Å². The molecule has 2 heteroatoms. The van der Waals surface area contributed by atoms with Crippen molar-refractivity contribution in [2.75, 3.05) is 0 Å². The number of rotatable bonds is 3. The second kappa shape index (κ2) is 5.13. The molecule has 0 saturated carbocycles. The molecule has 0 aliphatic rings. The van der Waals surface area contributed by atoms with Crippen LogP contribution in [-0.2, 0) is 6.42 Å². The molecule has 0 bridgehead atoms. The highest BCUT2D eigenvalue weighted by atomic mass is 35.5. The number of nitrogens with zero attached hydrogens (tertiary/aromatic N) is 1. The molecule has 1 atom stereocenters. The van der Waals surface area contributed by atoms with E-state index in [0.717, 1.165) is 17.1 Å². The molecule has 0 radical (unpaired) electrons. The van der Waals surface area contributed by atoms with Crippen LogP contribution < -0.4 is 0 Å². The monoisotopic (exact) mass is 231 g/mol. The summed E-state index contributed by atoms with van der Waals surface area (Å²) in [5.41, 5.74) is 2.43. The lowest BCUT2D eigenvalue weighted by Gasteiger charge is -2.11. The molecule has 2 aromatic rings. The van der Waals surface area contributed by atoms with E-state index in [2.05, 4.69) is 30.1 Å². The number of aromatic nitrogens is 1. The maximum absolute atomic E-state index is 5.86. The van der Waals surface area contributed by atoms with Crippen molar-refractivity contribution < 1.29 is 0 Å². The van der Waals surface area contributed by atoms with E-state index in [9.17, 15) is 0 Å². The van der Waals surface area contributed by atoms with Gasteiger partial charge >= 0.3 is 0 Å². The first-order chi connectivity index (χ1) is 7.75. The van der Waals surface area contributed by atoms with Crippen LogP contribution in [0, 0.1) is 0 Å². The van der Waals surface area contributed by atoms with Crippen LogP contribution in [0.3, 0.4) is 0 Å². The smallest absolute Gasteiger partial charge is 0.0409 e. The van der Waals surface area contributed by atoms with Gasteiger partial charge in [0.2, 0.25) is 0 Å². The highest BCUT2D eigenvalue weighted by molar-refractivity contribution is 6.30. The Morgan fingerprint density at radius 2 is 1.88 bits per heavy atom. The van der Waals surface area contributed by atoms with Gasteiger partial charge in [0.1, 0.15) is 0 Å². The summed E-state index contributed by atoms with van der Waals surface area (Å²) in [7, 11) is 0. The van der Waals surface area contributed by atoms with E-state index in [-0.39, 0.29) is 0 Å². The van der Waals surface area contributed by atoms with Crippen LogP contribution in [0.4, 0.5) is 0 Å². The normalized spacial score (nSPS) is 12.4. The summed E-state index contributed by atoms with van der Waals surface area (Å²) >= 11 is 5.86. The van der Waals surface area contributed by atoms with Gasteiger partial charge in [0.05, 0.1) is 0 Å². The van der Waals surface area contributed by atoms with Gasteiger partial charge in [0, 0.05) is 16.9 Å². The summed E-state index contributed by atoms with van der Waals surface area (Å²) in [6.07, 6.45) is 2.80. The van der Waals surface area contributed by atoms with Crippen molar-refractivity contribution in [2.24, 2.45) is 0 Å². The maximum atomic E-state index is 5.86. The largest absolute Gasteiger partial charge is 0.261 e. The summed E-state index contributed by atoms with van der Waals surface area (Å²) in [6, 6.07) is 14.1. The number of hydrogen-bond acceptors (Lipinski definition) is 1.